The number of nitrogens with zero attached hydrogens (tertiary/aromatic N) is 3. The number of aromatic nitrogens is 2. The van der Waals surface area contributed by atoms with Crippen molar-refractivity contribution < 1.29 is 18.0 Å². The Hall–Kier alpha value is -3.42. The fraction of sp³-hybridized carbons (Fsp3) is 0.190. The van der Waals surface area contributed by atoms with Crippen molar-refractivity contribution in [1.82, 2.24) is 9.97 Å². The maximum atomic E-state index is 12.9. The van der Waals surface area contributed by atoms with Crippen molar-refractivity contribution in [2.75, 3.05) is 16.8 Å². The maximum absolute atomic E-state index is 12.9. The van der Waals surface area contributed by atoms with E-state index < -0.39 is 17.6 Å². The molecule has 1 aromatic heterocycles. The van der Waals surface area contributed by atoms with E-state index in [4.69, 9.17) is 0 Å². The zero-order valence-electron chi connectivity index (χ0n) is 15.3. The zero-order valence-corrected chi connectivity index (χ0v) is 15.3. The molecule has 0 atom stereocenters. The van der Waals surface area contributed by atoms with Crippen molar-refractivity contribution in [2.45, 2.75) is 19.1 Å². The summed E-state index contributed by atoms with van der Waals surface area (Å²) >= 11 is 0. The monoisotopic (exact) mass is 398 g/mol. The Kier molecular flexibility index (Phi) is 4.92. The minimum absolute atomic E-state index is 0.0527. The van der Waals surface area contributed by atoms with E-state index in [0.29, 0.717) is 12.4 Å². The van der Waals surface area contributed by atoms with Crippen LogP contribution in [0.25, 0.3) is 0 Å². The predicted molar refractivity (Wildman–Crippen MR) is 103 cm³/mol. The van der Waals surface area contributed by atoms with Gasteiger partial charge in [0.1, 0.15) is 17.8 Å². The third-order valence-corrected chi connectivity index (χ3v) is 4.79. The Balaban J connectivity index is 1.51. The van der Waals surface area contributed by atoms with E-state index in [1.807, 2.05) is 17.0 Å². The quantitative estimate of drug-likeness (QED) is 0.714. The van der Waals surface area contributed by atoms with Gasteiger partial charge in [-0.15, -0.1) is 0 Å². The summed E-state index contributed by atoms with van der Waals surface area (Å²) in [5.41, 5.74) is 1.81. The first-order valence-corrected chi connectivity index (χ1v) is 9.02. The van der Waals surface area contributed by atoms with Gasteiger partial charge in [-0.3, -0.25) is 4.79 Å². The molecule has 0 bridgehead atoms. The molecule has 0 radical (unpaired) electrons. The summed E-state index contributed by atoms with van der Waals surface area (Å²) in [5.74, 6) is 0.00841. The molecule has 29 heavy (non-hydrogen) atoms. The number of carbonyl (C=O) groups excluding carboxylic acids is 1. The number of hydrogen-bond donors (Lipinski definition) is 1. The second-order valence-corrected chi connectivity index (χ2v) is 6.73. The molecule has 0 unspecified atom stereocenters. The number of anilines is 2. The molecule has 0 saturated heterocycles. The lowest BCUT2D eigenvalue weighted by atomic mass is 10.00. The number of amides is 1. The zero-order chi connectivity index (χ0) is 20.4. The molecule has 1 amide bonds. The molecular weight excluding hydrogens is 381 g/mol. The molecule has 8 heteroatoms. The molecule has 1 aliphatic heterocycles. The van der Waals surface area contributed by atoms with Gasteiger partial charge < -0.3 is 10.2 Å². The molecule has 3 aromatic rings. The highest BCUT2D eigenvalue weighted by atomic mass is 19.4. The van der Waals surface area contributed by atoms with Crippen LogP contribution >= 0.6 is 0 Å². The van der Waals surface area contributed by atoms with Crippen molar-refractivity contribution in [3.05, 3.63) is 83.3 Å². The molecule has 2 aromatic carbocycles. The summed E-state index contributed by atoms with van der Waals surface area (Å²) in [5, 5.41) is 2.47. The maximum Gasteiger partial charge on any atom is 0.416 e. The highest BCUT2D eigenvalue weighted by Gasteiger charge is 2.30. The van der Waals surface area contributed by atoms with Crippen LogP contribution in [-0.4, -0.2) is 22.4 Å². The van der Waals surface area contributed by atoms with Gasteiger partial charge in [0.15, 0.2) is 0 Å². The minimum atomic E-state index is -4.48. The Bertz CT molecular complexity index is 1050. The lowest BCUT2D eigenvalue weighted by Gasteiger charge is -2.29. The number of nitrogens with one attached hydrogen (secondary N) is 1. The van der Waals surface area contributed by atoms with Crippen LogP contribution in [0.5, 0.6) is 0 Å². The van der Waals surface area contributed by atoms with Gasteiger partial charge in [0, 0.05) is 24.8 Å². The molecular formula is C21H17F3N4O. The number of fused-ring (bicyclic) bond motifs is 1. The van der Waals surface area contributed by atoms with Crippen molar-refractivity contribution >= 4 is 17.4 Å². The Morgan fingerprint density at radius 1 is 1.00 bits per heavy atom. The molecule has 4 rings (SSSR count). The largest absolute Gasteiger partial charge is 0.416 e. The molecule has 5 nitrogen and oxygen atoms in total. The Morgan fingerprint density at radius 2 is 1.79 bits per heavy atom. The van der Waals surface area contributed by atoms with Crippen LogP contribution < -0.4 is 10.2 Å². The fourth-order valence-electron chi connectivity index (χ4n) is 3.30. The SMILES string of the molecule is O=C(Nc1cccc(C(F)(F)F)c1)c1cc(N2CCc3ccccc3C2)ncn1. The van der Waals surface area contributed by atoms with E-state index in [9.17, 15) is 18.0 Å². The number of benzene rings is 2. The van der Waals surface area contributed by atoms with Gasteiger partial charge in [0.05, 0.1) is 5.56 Å². The van der Waals surface area contributed by atoms with Crippen LogP contribution in [0.15, 0.2) is 60.9 Å². The van der Waals surface area contributed by atoms with Gasteiger partial charge in [0.2, 0.25) is 0 Å². The fourth-order valence-corrected chi connectivity index (χ4v) is 3.30. The van der Waals surface area contributed by atoms with Crippen LogP contribution in [0.1, 0.15) is 27.2 Å². The van der Waals surface area contributed by atoms with Gasteiger partial charge in [-0.1, -0.05) is 30.3 Å². The summed E-state index contributed by atoms with van der Waals surface area (Å²) < 4.78 is 38.6. The summed E-state index contributed by atoms with van der Waals surface area (Å²) in [4.78, 5) is 22.8. The molecule has 0 aliphatic carbocycles. The Labute approximate surface area is 165 Å². The van der Waals surface area contributed by atoms with Crippen LogP contribution in [0.3, 0.4) is 0 Å². The average molecular weight is 398 g/mol. The van der Waals surface area contributed by atoms with E-state index in [-0.39, 0.29) is 11.4 Å². The first kappa shape index (κ1) is 18.9. The van der Waals surface area contributed by atoms with Gasteiger partial charge in [0.25, 0.3) is 5.91 Å². The van der Waals surface area contributed by atoms with Gasteiger partial charge in [-0.2, -0.15) is 13.2 Å². The second-order valence-electron chi connectivity index (χ2n) is 6.73. The normalized spacial score (nSPS) is 13.7. The van der Waals surface area contributed by atoms with Crippen molar-refractivity contribution in [2.24, 2.45) is 0 Å². The smallest absolute Gasteiger partial charge is 0.352 e. The summed E-state index contributed by atoms with van der Waals surface area (Å²) in [7, 11) is 0. The van der Waals surface area contributed by atoms with Crippen molar-refractivity contribution in [3.63, 3.8) is 0 Å². The van der Waals surface area contributed by atoms with Gasteiger partial charge >= 0.3 is 6.18 Å². The standard InChI is InChI=1S/C21H17F3N4O/c22-21(23,24)16-6-3-7-17(10-16)27-20(29)18-11-19(26-13-25-18)28-9-8-14-4-1-2-5-15(14)12-28/h1-7,10-11,13H,8-9,12H2,(H,27,29). The number of alkyl halides is 3. The summed E-state index contributed by atoms with van der Waals surface area (Å²) in [6, 6.07) is 14.2. The lowest BCUT2D eigenvalue weighted by Crippen LogP contribution is -2.31. The van der Waals surface area contributed by atoms with Crippen LogP contribution in [-0.2, 0) is 19.1 Å². The first-order chi connectivity index (χ1) is 13.9. The summed E-state index contributed by atoms with van der Waals surface area (Å²) in [6.45, 7) is 1.42. The number of carbonyl (C=O) groups is 1. The summed E-state index contributed by atoms with van der Waals surface area (Å²) in [6.07, 6.45) is -2.32. The van der Waals surface area contributed by atoms with Crippen molar-refractivity contribution in [3.8, 4) is 0 Å². The van der Waals surface area contributed by atoms with Crippen LogP contribution in [0.2, 0.25) is 0 Å². The number of halogens is 3. The van der Waals surface area contributed by atoms with E-state index >= 15 is 0 Å². The molecule has 0 fully saturated rings. The van der Waals surface area contributed by atoms with Crippen LogP contribution in [0.4, 0.5) is 24.7 Å². The molecule has 1 aliphatic rings. The molecule has 2 heterocycles. The lowest BCUT2D eigenvalue weighted by molar-refractivity contribution is -0.137. The second kappa shape index (κ2) is 7.54. The highest BCUT2D eigenvalue weighted by molar-refractivity contribution is 6.03. The molecule has 0 spiro atoms. The topological polar surface area (TPSA) is 58.1 Å². The molecule has 1 N–H and O–H groups in total. The minimum Gasteiger partial charge on any atom is -0.352 e. The van der Waals surface area contributed by atoms with E-state index in [2.05, 4.69) is 27.4 Å². The predicted octanol–water partition coefficient (Wildman–Crippen LogP) is 4.31. The van der Waals surface area contributed by atoms with Gasteiger partial charge in [-0.25, -0.2) is 9.97 Å². The van der Waals surface area contributed by atoms with E-state index in [1.54, 1.807) is 6.07 Å². The van der Waals surface area contributed by atoms with Gasteiger partial charge in [-0.05, 0) is 35.7 Å². The highest BCUT2D eigenvalue weighted by Crippen LogP contribution is 2.30. The number of rotatable bonds is 3. The van der Waals surface area contributed by atoms with Crippen LogP contribution in [0, 0.1) is 0 Å². The van der Waals surface area contributed by atoms with E-state index in [0.717, 1.165) is 25.1 Å². The molecule has 0 saturated carbocycles. The van der Waals surface area contributed by atoms with Crippen molar-refractivity contribution in [1.29, 1.82) is 0 Å². The number of hydrogen-bond acceptors (Lipinski definition) is 4. The molecule has 148 valence electrons. The third-order valence-electron chi connectivity index (χ3n) is 4.79. The first-order valence-electron chi connectivity index (χ1n) is 9.02. The average Bonchev–Trinajstić information content (AvgIpc) is 2.73. The van der Waals surface area contributed by atoms with E-state index in [1.165, 1.54) is 29.6 Å². The Morgan fingerprint density at radius 3 is 2.59 bits per heavy atom. The third kappa shape index (κ3) is 4.21.